The van der Waals surface area contributed by atoms with Crippen molar-refractivity contribution in [1.29, 1.82) is 0 Å². The number of sulfone groups is 1. The van der Waals surface area contributed by atoms with Crippen LogP contribution in [0.3, 0.4) is 0 Å². The van der Waals surface area contributed by atoms with Crippen molar-refractivity contribution in [3.05, 3.63) is 57.1 Å². The number of nitrogens with one attached hydrogen (secondary N) is 2. The second-order valence-corrected chi connectivity index (χ2v) is 17.3. The van der Waals surface area contributed by atoms with Crippen LogP contribution in [0, 0.1) is 0 Å². The summed E-state index contributed by atoms with van der Waals surface area (Å²) in [5, 5.41) is 2.14. The maximum Gasteiger partial charge on any atom is 0.416 e. The van der Waals surface area contributed by atoms with Gasteiger partial charge >= 0.3 is 12.3 Å². The van der Waals surface area contributed by atoms with Gasteiger partial charge in [0.25, 0.3) is 5.91 Å². The van der Waals surface area contributed by atoms with E-state index in [1.165, 1.54) is 32.2 Å². The van der Waals surface area contributed by atoms with Crippen molar-refractivity contribution in [2.45, 2.75) is 69.8 Å². The number of halogens is 5. The van der Waals surface area contributed by atoms with Crippen molar-refractivity contribution in [3.63, 3.8) is 0 Å². The molecule has 11 nitrogen and oxygen atoms in total. The summed E-state index contributed by atoms with van der Waals surface area (Å²) in [7, 11) is -6.47. The first-order valence-corrected chi connectivity index (χ1v) is 19.0. The summed E-state index contributed by atoms with van der Waals surface area (Å²) in [6.07, 6.45) is -4.77. The van der Waals surface area contributed by atoms with E-state index in [2.05, 4.69) is 10.0 Å². The lowest BCUT2D eigenvalue weighted by molar-refractivity contribution is -0.138. The normalized spacial score (nSPS) is 16.4. The molecule has 2 aromatic carbocycles. The molecule has 2 aromatic rings. The van der Waals surface area contributed by atoms with Gasteiger partial charge in [0.05, 0.1) is 27.7 Å². The number of alkyl halides is 3. The number of benzene rings is 2. The third-order valence-corrected chi connectivity index (χ3v) is 11.1. The summed E-state index contributed by atoms with van der Waals surface area (Å²) >= 11 is 12.5. The fourth-order valence-corrected chi connectivity index (χ4v) is 7.82. The zero-order valence-corrected chi connectivity index (χ0v) is 30.2. The van der Waals surface area contributed by atoms with Gasteiger partial charge in [-0.15, -0.1) is 0 Å². The average molecular weight is 760 g/mol. The fourth-order valence-electron chi connectivity index (χ4n) is 5.08. The molecule has 268 valence electrons. The molecule has 2 amide bonds. The molecule has 0 unspecified atom stereocenters. The summed E-state index contributed by atoms with van der Waals surface area (Å²) < 4.78 is 102. The van der Waals surface area contributed by atoms with Gasteiger partial charge in [0.2, 0.25) is 10.0 Å². The Balaban J connectivity index is 1.80. The molecular weight excluding hydrogens is 720 g/mol. The second kappa shape index (κ2) is 15.5. The Morgan fingerprint density at radius 3 is 2.35 bits per heavy atom. The van der Waals surface area contributed by atoms with Gasteiger partial charge < -0.3 is 15.0 Å². The van der Waals surface area contributed by atoms with Gasteiger partial charge in [-0.2, -0.15) is 13.2 Å². The third-order valence-electron chi connectivity index (χ3n) is 7.32. The van der Waals surface area contributed by atoms with Gasteiger partial charge in [0, 0.05) is 48.3 Å². The minimum Gasteiger partial charge on any atom is -0.444 e. The SMILES string of the molecule is CCS(=O)(=O)c1ccc(Cl)cc1N(C)C(=O)c1cc(Cl)c(CN2CCC[C@H](NS(=O)(=O)CCNC(=O)OC(C)(C)C)C2)c(C(F)(F)F)c1. The maximum absolute atomic E-state index is 14.4. The molecule has 0 bridgehead atoms. The molecule has 1 heterocycles. The van der Waals surface area contributed by atoms with Gasteiger partial charge in [-0.3, -0.25) is 9.69 Å². The highest BCUT2D eigenvalue weighted by Crippen LogP contribution is 2.38. The molecule has 18 heteroatoms. The molecule has 0 radical (unpaired) electrons. The number of nitrogens with zero attached hydrogens (tertiary/aromatic N) is 2. The van der Waals surface area contributed by atoms with E-state index in [-0.39, 0.29) is 51.6 Å². The zero-order chi connectivity index (χ0) is 36.2. The molecule has 1 fully saturated rings. The summed E-state index contributed by atoms with van der Waals surface area (Å²) in [5.41, 5.74) is -2.75. The number of ether oxygens (including phenoxy) is 1. The van der Waals surface area contributed by atoms with Crippen molar-refractivity contribution in [1.82, 2.24) is 14.9 Å². The van der Waals surface area contributed by atoms with Crippen molar-refractivity contribution >= 4 is 60.8 Å². The first kappa shape index (κ1) is 39.8. The minimum absolute atomic E-state index is 0.0826. The van der Waals surface area contributed by atoms with Crippen LogP contribution in [-0.2, 0) is 37.3 Å². The highest BCUT2D eigenvalue weighted by atomic mass is 35.5. The van der Waals surface area contributed by atoms with Crippen LogP contribution in [0.25, 0.3) is 0 Å². The van der Waals surface area contributed by atoms with Crippen molar-refractivity contribution in [2.75, 3.05) is 43.1 Å². The van der Waals surface area contributed by atoms with E-state index in [4.69, 9.17) is 27.9 Å². The van der Waals surface area contributed by atoms with Crippen LogP contribution in [0.5, 0.6) is 0 Å². The lowest BCUT2D eigenvalue weighted by Crippen LogP contribution is -2.48. The van der Waals surface area contributed by atoms with E-state index >= 15 is 0 Å². The summed E-state index contributed by atoms with van der Waals surface area (Å²) in [6, 6.07) is 4.94. The molecular formula is C30H39Cl2F3N4O7S2. The smallest absolute Gasteiger partial charge is 0.416 e. The van der Waals surface area contributed by atoms with E-state index in [1.807, 2.05) is 0 Å². The standard InChI is InChI=1S/C30H39Cl2F3N4O7S2/c1-6-47(42,43)26-10-9-20(31)16-25(26)38(5)27(40)19-14-23(30(33,34)35)22(24(32)15-19)18-39-12-7-8-21(17-39)37-48(44,45)13-11-36-28(41)46-29(2,3)4/h9-10,14-16,21,37H,6-8,11-13,17-18H2,1-5H3,(H,36,41)/t21-/m0/s1. The number of alkyl carbamates (subject to hydrolysis) is 1. The summed E-state index contributed by atoms with van der Waals surface area (Å²) in [6.45, 7) is 6.35. The lowest BCUT2D eigenvalue weighted by Gasteiger charge is -2.34. The number of hydrogen-bond donors (Lipinski definition) is 2. The number of sulfonamides is 1. The Kier molecular flexibility index (Phi) is 12.9. The number of amides is 2. The molecule has 1 aliphatic rings. The van der Waals surface area contributed by atoms with Crippen molar-refractivity contribution < 1.29 is 44.3 Å². The van der Waals surface area contributed by atoms with Crippen LogP contribution in [0.15, 0.2) is 35.2 Å². The van der Waals surface area contributed by atoms with E-state index in [0.29, 0.717) is 25.5 Å². The Morgan fingerprint density at radius 1 is 1.08 bits per heavy atom. The zero-order valence-electron chi connectivity index (χ0n) is 27.1. The third kappa shape index (κ3) is 10.9. The van der Waals surface area contributed by atoms with Crippen LogP contribution in [-0.4, -0.2) is 83.6 Å². The molecule has 0 spiro atoms. The maximum atomic E-state index is 14.4. The Morgan fingerprint density at radius 2 is 1.75 bits per heavy atom. The largest absolute Gasteiger partial charge is 0.444 e. The molecule has 48 heavy (non-hydrogen) atoms. The lowest BCUT2D eigenvalue weighted by atomic mass is 10.00. The number of carbonyl (C=O) groups is 2. The van der Waals surface area contributed by atoms with Crippen molar-refractivity contribution in [2.24, 2.45) is 0 Å². The van der Waals surface area contributed by atoms with Crippen LogP contribution in [0.2, 0.25) is 10.0 Å². The van der Waals surface area contributed by atoms with Crippen molar-refractivity contribution in [3.8, 4) is 0 Å². The molecule has 1 aliphatic heterocycles. The van der Waals surface area contributed by atoms with E-state index < -0.39 is 66.6 Å². The highest BCUT2D eigenvalue weighted by molar-refractivity contribution is 7.91. The first-order valence-electron chi connectivity index (χ1n) is 14.9. The molecule has 3 rings (SSSR count). The molecule has 0 aliphatic carbocycles. The quantitative estimate of drug-likeness (QED) is 0.307. The molecule has 2 N–H and O–H groups in total. The minimum atomic E-state index is -4.92. The monoisotopic (exact) mass is 758 g/mol. The topological polar surface area (TPSA) is 142 Å². The number of carbonyl (C=O) groups excluding carboxylic acids is 2. The number of hydrogen-bond acceptors (Lipinski definition) is 8. The Labute approximate surface area is 289 Å². The highest BCUT2D eigenvalue weighted by Gasteiger charge is 2.37. The Bertz CT molecular complexity index is 1730. The molecule has 0 aromatic heterocycles. The molecule has 1 saturated heterocycles. The van der Waals surface area contributed by atoms with Crippen LogP contribution >= 0.6 is 23.2 Å². The van der Waals surface area contributed by atoms with E-state index in [1.54, 1.807) is 25.7 Å². The van der Waals surface area contributed by atoms with Gasteiger partial charge in [0.15, 0.2) is 9.84 Å². The number of anilines is 1. The Hall–Kier alpha value is -2.63. The van der Waals surface area contributed by atoms with Crippen LogP contribution in [0.4, 0.5) is 23.7 Å². The first-order chi connectivity index (χ1) is 22.0. The number of likely N-dealkylation sites (tertiary alicyclic amines) is 1. The van der Waals surface area contributed by atoms with Gasteiger partial charge in [-0.25, -0.2) is 26.4 Å². The summed E-state index contributed by atoms with van der Waals surface area (Å²) in [4.78, 5) is 27.6. The van der Waals surface area contributed by atoms with Gasteiger partial charge in [-0.05, 0) is 76.1 Å². The van der Waals surface area contributed by atoms with Gasteiger partial charge in [-0.1, -0.05) is 30.1 Å². The van der Waals surface area contributed by atoms with Crippen LogP contribution < -0.4 is 14.9 Å². The summed E-state index contributed by atoms with van der Waals surface area (Å²) in [5.74, 6) is -1.66. The average Bonchev–Trinajstić information content (AvgIpc) is 2.95. The fraction of sp³-hybridized carbons (Fsp3) is 0.533. The molecule has 1 atom stereocenters. The number of piperidine rings is 1. The predicted molar refractivity (Wildman–Crippen MR) is 178 cm³/mol. The van der Waals surface area contributed by atoms with Crippen LogP contribution in [0.1, 0.15) is 62.0 Å². The number of rotatable bonds is 11. The van der Waals surface area contributed by atoms with Gasteiger partial charge in [0.1, 0.15) is 5.60 Å². The predicted octanol–water partition coefficient (Wildman–Crippen LogP) is 5.49. The van der Waals surface area contributed by atoms with E-state index in [0.717, 1.165) is 11.0 Å². The molecule has 0 saturated carbocycles. The second-order valence-electron chi connectivity index (χ2n) is 12.3. The van der Waals surface area contributed by atoms with E-state index in [9.17, 15) is 39.6 Å².